The van der Waals surface area contributed by atoms with E-state index in [-0.39, 0.29) is 35.9 Å². The van der Waals surface area contributed by atoms with Crippen LogP contribution in [-0.2, 0) is 14.3 Å². The lowest BCUT2D eigenvalue weighted by Crippen LogP contribution is -2.63. The Labute approximate surface area is 261 Å². The third-order valence-corrected chi connectivity index (χ3v) is 13.2. The molecule has 1 saturated heterocycles. The first kappa shape index (κ1) is 32.2. The highest BCUT2D eigenvalue weighted by Gasteiger charge is 2.75. The maximum Gasteiger partial charge on any atom is 0.159 e. The number of fused-ring (bicyclic) bond motifs is 7. The van der Waals surface area contributed by atoms with Gasteiger partial charge in [0.2, 0.25) is 0 Å². The van der Waals surface area contributed by atoms with Crippen LogP contribution in [0.2, 0.25) is 0 Å². The van der Waals surface area contributed by atoms with Crippen molar-refractivity contribution >= 4 is 5.78 Å². The van der Waals surface area contributed by atoms with Crippen LogP contribution < -0.4 is 11.1 Å². The zero-order chi connectivity index (χ0) is 32.0. The molecule has 3 saturated carbocycles. The van der Waals surface area contributed by atoms with E-state index in [2.05, 4.69) is 32.2 Å². The molecule has 9 heteroatoms. The summed E-state index contributed by atoms with van der Waals surface area (Å²) in [6.07, 6.45) is 5.73. The average Bonchev–Trinajstić information content (AvgIpc) is 3.35. The predicted molar refractivity (Wildman–Crippen MR) is 166 cm³/mol. The summed E-state index contributed by atoms with van der Waals surface area (Å²) >= 11 is 0. The molecular formula is C35H54N2O7. The highest BCUT2D eigenvalue weighted by Crippen LogP contribution is 2.70. The largest absolute Gasteiger partial charge is 0.390 e. The van der Waals surface area contributed by atoms with Gasteiger partial charge in [0, 0.05) is 30.2 Å². The number of dihydropyridines is 1. The Kier molecular flexibility index (Phi) is 7.99. The van der Waals surface area contributed by atoms with Gasteiger partial charge in [0.1, 0.15) is 6.10 Å². The zero-order valence-corrected chi connectivity index (χ0v) is 27.3. The number of ether oxygens (including phenoxy) is 2. The van der Waals surface area contributed by atoms with Crippen molar-refractivity contribution in [3.05, 3.63) is 35.2 Å². The Bertz CT molecular complexity index is 1260. The van der Waals surface area contributed by atoms with Gasteiger partial charge in [-0.1, -0.05) is 40.7 Å². The monoisotopic (exact) mass is 614 g/mol. The fourth-order valence-corrected chi connectivity index (χ4v) is 10.4. The summed E-state index contributed by atoms with van der Waals surface area (Å²) in [6.45, 7) is 13.1. The molecule has 0 unspecified atom stereocenters. The summed E-state index contributed by atoms with van der Waals surface area (Å²) in [7, 11) is 0. The fourth-order valence-electron chi connectivity index (χ4n) is 10.4. The van der Waals surface area contributed by atoms with Gasteiger partial charge in [-0.05, 0) is 85.5 Å². The quantitative estimate of drug-likeness (QED) is 0.254. The van der Waals surface area contributed by atoms with Crippen LogP contribution in [0.25, 0.3) is 0 Å². The van der Waals surface area contributed by atoms with Gasteiger partial charge in [0.15, 0.2) is 5.78 Å². The topological polar surface area (TPSA) is 154 Å². The van der Waals surface area contributed by atoms with Crippen LogP contribution in [-0.4, -0.2) is 81.1 Å². The second-order valence-electron chi connectivity index (χ2n) is 16.0. The van der Waals surface area contributed by atoms with E-state index in [9.17, 15) is 25.2 Å². The molecule has 0 amide bonds. The standard InChI is InChI=1S/C35H54N2O7/c1-18(2)19(3)29(40)31-34(6,41)30-27(44-31)17-35(42)22-14-24(38)23-15-26(43-12-9-20-8-11-37-28(36)13-20)25(39)16-32(23,4)21(22)7-10-33(30,35)5/h8,13-14,18-19,21,23,25-27,29-31,37,39-42H,7,9-12,15-17,36H2,1-6H3/t19-,21-,23-,25-,26+,27-,29-,30-,31-,32+,33+,34+,35+/m0/s1. The smallest absolute Gasteiger partial charge is 0.159 e. The van der Waals surface area contributed by atoms with Crippen molar-refractivity contribution in [2.24, 2.45) is 46.2 Å². The molecule has 0 radical (unpaired) electrons. The molecule has 0 aromatic rings. The summed E-state index contributed by atoms with van der Waals surface area (Å²) in [5.74, 6) is 0.0107. The van der Waals surface area contributed by atoms with Crippen LogP contribution in [0.3, 0.4) is 0 Å². The molecule has 246 valence electrons. The van der Waals surface area contributed by atoms with Gasteiger partial charge in [-0.15, -0.1) is 0 Å². The lowest BCUT2D eigenvalue weighted by molar-refractivity contribution is -0.177. The Morgan fingerprint density at radius 3 is 2.55 bits per heavy atom. The average molecular weight is 615 g/mol. The van der Waals surface area contributed by atoms with E-state index in [4.69, 9.17) is 15.2 Å². The first-order valence-corrected chi connectivity index (χ1v) is 16.8. The number of rotatable bonds is 7. The molecule has 13 atom stereocenters. The number of ketones is 1. The van der Waals surface area contributed by atoms with E-state index >= 15 is 0 Å². The lowest BCUT2D eigenvalue weighted by Gasteiger charge is -2.60. The van der Waals surface area contributed by atoms with Gasteiger partial charge in [0.25, 0.3) is 0 Å². The number of nitrogens with two attached hydrogens (primary N) is 1. The summed E-state index contributed by atoms with van der Waals surface area (Å²) in [6, 6.07) is 0. The number of carbonyl (C=O) groups is 1. The lowest BCUT2D eigenvalue weighted by atomic mass is 9.45. The number of aliphatic hydroxyl groups excluding tert-OH is 2. The predicted octanol–water partition coefficient (Wildman–Crippen LogP) is 2.72. The van der Waals surface area contributed by atoms with E-state index in [1.807, 2.05) is 19.9 Å². The molecule has 6 rings (SSSR count). The summed E-state index contributed by atoms with van der Waals surface area (Å²) in [5, 5.41) is 50.3. The minimum atomic E-state index is -1.34. The van der Waals surface area contributed by atoms with Gasteiger partial charge < -0.3 is 41.0 Å². The number of aliphatic hydroxyl groups is 4. The molecule has 2 aliphatic heterocycles. The van der Waals surface area contributed by atoms with Gasteiger partial charge in [0.05, 0.1) is 48.0 Å². The third-order valence-electron chi connectivity index (χ3n) is 13.2. The molecule has 4 aliphatic carbocycles. The molecule has 9 nitrogen and oxygen atoms in total. The molecule has 6 aliphatic rings. The highest BCUT2D eigenvalue weighted by atomic mass is 16.5. The first-order valence-electron chi connectivity index (χ1n) is 16.8. The molecule has 0 spiro atoms. The van der Waals surface area contributed by atoms with Crippen LogP contribution in [0.1, 0.15) is 80.1 Å². The van der Waals surface area contributed by atoms with E-state index in [1.54, 1.807) is 13.0 Å². The van der Waals surface area contributed by atoms with E-state index in [0.717, 1.165) is 17.6 Å². The zero-order valence-electron chi connectivity index (χ0n) is 27.3. The summed E-state index contributed by atoms with van der Waals surface area (Å²) < 4.78 is 12.6. The first-order chi connectivity index (χ1) is 20.5. The number of allylic oxidation sites excluding steroid dienone is 2. The van der Waals surface area contributed by atoms with Gasteiger partial charge in [-0.2, -0.15) is 0 Å². The fraction of sp³-hybridized carbons (Fsp3) is 0.800. The minimum absolute atomic E-state index is 0.0162. The van der Waals surface area contributed by atoms with E-state index < -0.39 is 58.5 Å². The number of hydrogen-bond acceptors (Lipinski definition) is 9. The Hall–Kier alpha value is -1.75. The molecule has 0 bridgehead atoms. The SMILES string of the molecule is CC(C)[C@H](C)[C@H](O)[C@@H]1O[C@H]2C[C@@]3(O)C4=CC(=O)[C@@H]5C[C@@H](OCCC6=CCNC(N)=C6)[C@@H](O)C[C@]5(C)[C@H]4CC[C@]3(C)[C@H]2[C@@]1(C)O. The molecule has 2 heterocycles. The van der Waals surface area contributed by atoms with Crippen LogP contribution in [0.15, 0.2) is 35.2 Å². The van der Waals surface area contributed by atoms with Crippen LogP contribution in [0.4, 0.5) is 0 Å². The van der Waals surface area contributed by atoms with E-state index in [0.29, 0.717) is 44.7 Å². The Balaban J connectivity index is 1.22. The maximum absolute atomic E-state index is 13.9. The second-order valence-corrected chi connectivity index (χ2v) is 16.0. The second kappa shape index (κ2) is 10.9. The van der Waals surface area contributed by atoms with Crippen LogP contribution in [0, 0.1) is 40.4 Å². The summed E-state index contributed by atoms with van der Waals surface area (Å²) in [4.78, 5) is 13.9. The van der Waals surface area contributed by atoms with E-state index in [1.165, 1.54) is 0 Å². The van der Waals surface area contributed by atoms with Crippen molar-refractivity contribution in [3.8, 4) is 0 Å². The molecule has 44 heavy (non-hydrogen) atoms. The Morgan fingerprint density at radius 1 is 1.14 bits per heavy atom. The molecule has 0 aromatic carbocycles. The van der Waals surface area contributed by atoms with Crippen molar-refractivity contribution in [1.29, 1.82) is 0 Å². The van der Waals surface area contributed by atoms with Gasteiger partial charge >= 0.3 is 0 Å². The molecule has 0 aromatic heterocycles. The number of carbonyl (C=O) groups excluding carboxylic acids is 1. The molecule has 7 N–H and O–H groups in total. The molecular weight excluding hydrogens is 560 g/mol. The third kappa shape index (κ3) is 4.67. The number of nitrogens with one attached hydrogen (secondary N) is 1. The molecule has 4 fully saturated rings. The van der Waals surface area contributed by atoms with Crippen molar-refractivity contribution in [2.75, 3.05) is 13.2 Å². The van der Waals surface area contributed by atoms with Gasteiger partial charge in [-0.3, -0.25) is 4.79 Å². The van der Waals surface area contributed by atoms with Crippen molar-refractivity contribution in [2.45, 2.75) is 122 Å². The maximum atomic E-state index is 13.9. The van der Waals surface area contributed by atoms with Crippen LogP contribution >= 0.6 is 0 Å². The Morgan fingerprint density at radius 2 is 1.86 bits per heavy atom. The normalized spacial score (nSPS) is 47.8. The van der Waals surface area contributed by atoms with Gasteiger partial charge in [-0.25, -0.2) is 0 Å². The highest BCUT2D eigenvalue weighted by molar-refractivity contribution is 5.95. The van der Waals surface area contributed by atoms with Crippen molar-refractivity contribution in [3.63, 3.8) is 0 Å². The van der Waals surface area contributed by atoms with Crippen molar-refractivity contribution < 1.29 is 34.7 Å². The van der Waals surface area contributed by atoms with Crippen molar-refractivity contribution in [1.82, 2.24) is 5.32 Å². The minimum Gasteiger partial charge on any atom is -0.390 e. The summed E-state index contributed by atoms with van der Waals surface area (Å²) in [5.41, 5.74) is 3.80. The number of hydrogen-bond donors (Lipinski definition) is 6. The van der Waals surface area contributed by atoms with Crippen LogP contribution in [0.5, 0.6) is 0 Å².